The van der Waals surface area contributed by atoms with Crippen molar-refractivity contribution >= 4 is 35.1 Å². The van der Waals surface area contributed by atoms with Crippen molar-refractivity contribution in [3.05, 3.63) is 40.2 Å². The van der Waals surface area contributed by atoms with Crippen LogP contribution in [-0.4, -0.2) is 22.0 Å². The first-order chi connectivity index (χ1) is 8.81. The molecule has 0 saturated heterocycles. The normalized spacial score (nSPS) is 11.7. The minimum atomic E-state index is -1.18. The van der Waals surface area contributed by atoms with Crippen LogP contribution in [0.25, 0.3) is 0 Å². The molecule has 1 aromatic heterocycles. The predicted molar refractivity (Wildman–Crippen MR) is 70.2 cm³/mol. The van der Waals surface area contributed by atoms with Gasteiger partial charge in [0.2, 0.25) is 0 Å². The number of rotatable bonds is 5. The van der Waals surface area contributed by atoms with Gasteiger partial charge < -0.3 is 9.84 Å². The number of nitrogens with zero attached hydrogens (tertiary/aromatic N) is 1. The fraction of sp³-hybridized carbons (Fsp3) is 0.250. The highest BCUT2D eigenvalue weighted by Gasteiger charge is 2.23. The van der Waals surface area contributed by atoms with Crippen LogP contribution in [0.1, 0.15) is 25.1 Å². The molecule has 5 nitrogen and oxygen atoms in total. The predicted octanol–water partition coefficient (Wildman–Crippen LogP) is 3.02. The number of esters is 1. The van der Waals surface area contributed by atoms with Crippen LogP contribution < -0.4 is 0 Å². The number of aliphatic carboxylic acids is 1. The Balaban J connectivity index is 3.05. The van der Waals surface area contributed by atoms with E-state index >= 15 is 0 Å². The van der Waals surface area contributed by atoms with Gasteiger partial charge in [0.15, 0.2) is 0 Å². The van der Waals surface area contributed by atoms with Crippen LogP contribution in [0.5, 0.6) is 0 Å². The monoisotopic (exact) mass is 303 g/mol. The number of hydrogen-bond donors (Lipinski definition) is 1. The van der Waals surface area contributed by atoms with Crippen molar-refractivity contribution in [1.82, 2.24) is 4.98 Å². The van der Waals surface area contributed by atoms with E-state index in [1.54, 1.807) is 0 Å². The smallest absolute Gasteiger partial charge is 0.331 e. The Morgan fingerprint density at radius 2 is 2.16 bits per heavy atom. The summed E-state index contributed by atoms with van der Waals surface area (Å²) in [5.74, 6) is -1.75. The molecule has 0 fully saturated rings. The van der Waals surface area contributed by atoms with Crippen LogP contribution in [0.4, 0.5) is 0 Å². The molecule has 1 N–H and O–H groups in total. The first kappa shape index (κ1) is 15.5. The number of hydrogen-bond acceptors (Lipinski definition) is 4. The van der Waals surface area contributed by atoms with Gasteiger partial charge in [-0.1, -0.05) is 29.8 Å². The number of carbonyl (C=O) groups is 2. The summed E-state index contributed by atoms with van der Waals surface area (Å²) >= 11 is 11.7. The van der Waals surface area contributed by atoms with Gasteiger partial charge in [-0.15, -0.1) is 0 Å². The van der Waals surface area contributed by atoms with Crippen molar-refractivity contribution in [2.45, 2.75) is 19.4 Å². The Kier molecular flexibility index (Phi) is 5.32. The maximum Gasteiger partial charge on any atom is 0.331 e. The van der Waals surface area contributed by atoms with Crippen molar-refractivity contribution in [3.63, 3.8) is 0 Å². The molecular formula is C12H11Cl2NO4. The van der Waals surface area contributed by atoms with Gasteiger partial charge in [0.1, 0.15) is 6.10 Å². The van der Waals surface area contributed by atoms with Crippen LogP contribution in [0.15, 0.2) is 24.4 Å². The van der Waals surface area contributed by atoms with E-state index in [1.165, 1.54) is 19.2 Å². The lowest BCUT2D eigenvalue weighted by atomic mass is 10.1. The zero-order valence-electron chi connectivity index (χ0n) is 10.0. The van der Waals surface area contributed by atoms with Gasteiger partial charge in [-0.05, 0) is 6.07 Å². The van der Waals surface area contributed by atoms with Crippen molar-refractivity contribution in [2.24, 2.45) is 0 Å². The van der Waals surface area contributed by atoms with E-state index < -0.39 is 18.0 Å². The number of carboxylic acid groups (broad SMARTS) is 1. The molecule has 0 amide bonds. The summed E-state index contributed by atoms with van der Waals surface area (Å²) in [5.41, 5.74) is 0.128. The number of halogens is 2. The minimum absolute atomic E-state index is 0.108. The summed E-state index contributed by atoms with van der Waals surface area (Å²) in [6.45, 7) is 4.59. The lowest BCUT2D eigenvalue weighted by Gasteiger charge is -2.17. The molecule has 19 heavy (non-hydrogen) atoms. The molecule has 1 rings (SSSR count). The average Bonchev–Trinajstić information content (AvgIpc) is 2.27. The third-order valence-electron chi connectivity index (χ3n) is 2.18. The van der Waals surface area contributed by atoms with Crippen molar-refractivity contribution in [2.75, 3.05) is 0 Å². The standard InChI is InChI=1S/C12H11Cl2NO4/c1-6(12(17)18)3-10(19-7(2)16)11-9(14)4-8(13)5-15-11/h4-5,10H,1,3H2,2H3,(H,17,18). The van der Waals surface area contributed by atoms with Gasteiger partial charge in [-0.25, -0.2) is 4.79 Å². The highest BCUT2D eigenvalue weighted by Crippen LogP contribution is 2.30. The van der Waals surface area contributed by atoms with E-state index in [0.717, 1.165) is 0 Å². The van der Waals surface area contributed by atoms with E-state index in [2.05, 4.69) is 11.6 Å². The quantitative estimate of drug-likeness (QED) is 0.668. The molecule has 1 aromatic rings. The highest BCUT2D eigenvalue weighted by molar-refractivity contribution is 6.34. The van der Waals surface area contributed by atoms with Crippen molar-refractivity contribution in [1.29, 1.82) is 0 Å². The van der Waals surface area contributed by atoms with Gasteiger partial charge in [0.05, 0.1) is 15.7 Å². The highest BCUT2D eigenvalue weighted by atomic mass is 35.5. The zero-order valence-corrected chi connectivity index (χ0v) is 11.5. The van der Waals surface area contributed by atoms with E-state index in [4.69, 9.17) is 33.0 Å². The summed E-state index contributed by atoms with van der Waals surface area (Å²) in [6.07, 6.45) is 0.317. The molecule has 0 aliphatic rings. The summed E-state index contributed by atoms with van der Waals surface area (Å²) in [5, 5.41) is 9.33. The summed E-state index contributed by atoms with van der Waals surface area (Å²) < 4.78 is 5.02. The van der Waals surface area contributed by atoms with Crippen LogP contribution in [0.3, 0.4) is 0 Å². The van der Waals surface area contributed by atoms with Gasteiger partial charge >= 0.3 is 11.9 Å². The molecule has 0 bridgehead atoms. The lowest BCUT2D eigenvalue weighted by Crippen LogP contribution is -2.14. The molecule has 102 valence electrons. The molecule has 0 spiro atoms. The Bertz CT molecular complexity index is 530. The summed E-state index contributed by atoms with van der Waals surface area (Å²) in [6, 6.07) is 1.44. The van der Waals surface area contributed by atoms with E-state index in [0.29, 0.717) is 5.02 Å². The zero-order chi connectivity index (χ0) is 14.6. The van der Waals surface area contributed by atoms with E-state index in [9.17, 15) is 9.59 Å². The second-order valence-electron chi connectivity index (χ2n) is 3.73. The molecule has 0 aromatic carbocycles. The van der Waals surface area contributed by atoms with Crippen molar-refractivity contribution < 1.29 is 19.4 Å². The maximum absolute atomic E-state index is 11.1. The van der Waals surface area contributed by atoms with Crippen LogP contribution in [0, 0.1) is 0 Å². The fourth-order valence-corrected chi connectivity index (χ4v) is 1.87. The lowest BCUT2D eigenvalue weighted by molar-refractivity contribution is -0.147. The van der Waals surface area contributed by atoms with Crippen LogP contribution in [-0.2, 0) is 14.3 Å². The second-order valence-corrected chi connectivity index (χ2v) is 4.58. The third-order valence-corrected chi connectivity index (χ3v) is 2.69. The Hall–Kier alpha value is -1.59. The molecule has 0 radical (unpaired) electrons. The first-order valence-electron chi connectivity index (χ1n) is 5.20. The van der Waals surface area contributed by atoms with E-state index in [1.807, 2.05) is 0 Å². The molecule has 1 atom stereocenters. The average molecular weight is 304 g/mol. The van der Waals surface area contributed by atoms with Gasteiger partial charge in [0.25, 0.3) is 0 Å². The number of carbonyl (C=O) groups excluding carboxylic acids is 1. The number of ether oxygens (including phenoxy) is 1. The summed E-state index contributed by atoms with van der Waals surface area (Å²) in [4.78, 5) is 25.8. The summed E-state index contributed by atoms with van der Waals surface area (Å²) in [7, 11) is 0. The first-order valence-corrected chi connectivity index (χ1v) is 5.96. The SMILES string of the molecule is C=C(CC(OC(C)=O)c1ncc(Cl)cc1Cl)C(=O)O. The number of pyridine rings is 1. The molecular weight excluding hydrogens is 293 g/mol. The molecule has 1 heterocycles. The topological polar surface area (TPSA) is 76.5 Å². The molecule has 0 aliphatic carbocycles. The molecule has 1 unspecified atom stereocenters. The molecule has 0 aliphatic heterocycles. The van der Waals surface area contributed by atoms with Crippen LogP contribution >= 0.6 is 23.2 Å². The molecule has 7 heteroatoms. The van der Waals surface area contributed by atoms with Crippen LogP contribution in [0.2, 0.25) is 10.0 Å². The van der Waals surface area contributed by atoms with Crippen molar-refractivity contribution in [3.8, 4) is 0 Å². The second kappa shape index (κ2) is 6.54. The molecule has 0 saturated carbocycles. The Morgan fingerprint density at radius 3 is 2.63 bits per heavy atom. The third kappa shape index (κ3) is 4.54. The van der Waals surface area contributed by atoms with Gasteiger partial charge in [0, 0.05) is 25.1 Å². The Labute approximate surface area is 119 Å². The number of aromatic nitrogens is 1. The minimum Gasteiger partial charge on any atom is -0.478 e. The Morgan fingerprint density at radius 1 is 1.53 bits per heavy atom. The largest absolute Gasteiger partial charge is 0.478 e. The van der Waals surface area contributed by atoms with Gasteiger partial charge in [-0.3, -0.25) is 9.78 Å². The van der Waals surface area contributed by atoms with Gasteiger partial charge in [-0.2, -0.15) is 0 Å². The number of carboxylic acids is 1. The van der Waals surface area contributed by atoms with E-state index in [-0.39, 0.29) is 22.7 Å². The maximum atomic E-state index is 11.1. The fourth-order valence-electron chi connectivity index (χ4n) is 1.37.